The molecule has 0 saturated carbocycles. The van der Waals surface area contributed by atoms with Crippen LogP contribution in [-0.4, -0.2) is 34.9 Å². The Balaban J connectivity index is 2.20. The van der Waals surface area contributed by atoms with Crippen LogP contribution in [0.1, 0.15) is 38.2 Å². The molecule has 1 fully saturated rings. The molecule has 1 aromatic carbocycles. The van der Waals surface area contributed by atoms with Crippen molar-refractivity contribution in [2.24, 2.45) is 16.3 Å². The Kier molecular flexibility index (Phi) is 4.50. The van der Waals surface area contributed by atoms with Crippen molar-refractivity contribution in [3.05, 3.63) is 35.9 Å². The lowest BCUT2D eigenvalue weighted by atomic mass is 9.82. The molecule has 0 bridgehead atoms. The van der Waals surface area contributed by atoms with Crippen LogP contribution in [-0.2, 0) is 4.79 Å². The zero-order chi connectivity index (χ0) is 15.5. The highest BCUT2D eigenvalue weighted by molar-refractivity contribution is 6.07. The number of rotatable bonds is 3. The summed E-state index contributed by atoms with van der Waals surface area (Å²) in [6.45, 7) is 5.86. The molecule has 0 spiro atoms. The summed E-state index contributed by atoms with van der Waals surface area (Å²) in [5.41, 5.74) is 6.79. The van der Waals surface area contributed by atoms with E-state index >= 15 is 0 Å². The average Bonchev–Trinajstić information content (AvgIpc) is 2.48. The molecule has 0 aromatic heterocycles. The van der Waals surface area contributed by atoms with Crippen molar-refractivity contribution in [3.8, 4) is 0 Å². The standard InChI is InChI=1S/C16H23N3O2/c1-16(2)8-10-19(11-9-16)15(20)13(14(17)18-21)12-6-4-3-5-7-12/h3-7,13,21H,8-11H2,1-2H3,(H2,17,18). The summed E-state index contributed by atoms with van der Waals surface area (Å²) in [4.78, 5) is 14.6. The number of amidine groups is 1. The fourth-order valence-electron chi connectivity index (χ4n) is 2.66. The lowest BCUT2D eigenvalue weighted by molar-refractivity contribution is -0.133. The number of nitrogens with zero attached hydrogens (tertiary/aromatic N) is 2. The van der Waals surface area contributed by atoms with Crippen molar-refractivity contribution in [2.75, 3.05) is 13.1 Å². The maximum Gasteiger partial charge on any atom is 0.237 e. The monoisotopic (exact) mass is 289 g/mol. The van der Waals surface area contributed by atoms with E-state index in [0.717, 1.165) is 18.4 Å². The molecule has 21 heavy (non-hydrogen) atoms. The third kappa shape index (κ3) is 3.54. The van der Waals surface area contributed by atoms with Gasteiger partial charge in [-0.1, -0.05) is 49.3 Å². The molecule has 0 radical (unpaired) electrons. The molecular formula is C16H23N3O2. The van der Waals surface area contributed by atoms with Crippen molar-refractivity contribution in [1.82, 2.24) is 4.90 Å². The first-order chi connectivity index (χ1) is 9.94. The fraction of sp³-hybridized carbons (Fsp3) is 0.500. The molecule has 5 heteroatoms. The number of hydrogen-bond donors (Lipinski definition) is 2. The van der Waals surface area contributed by atoms with Crippen molar-refractivity contribution in [3.63, 3.8) is 0 Å². The van der Waals surface area contributed by atoms with Crippen LogP contribution in [0.2, 0.25) is 0 Å². The van der Waals surface area contributed by atoms with Crippen LogP contribution in [0.25, 0.3) is 0 Å². The first-order valence-corrected chi connectivity index (χ1v) is 7.26. The number of likely N-dealkylation sites (tertiary alicyclic amines) is 1. The molecule has 5 nitrogen and oxygen atoms in total. The van der Waals surface area contributed by atoms with Gasteiger partial charge in [-0.25, -0.2) is 0 Å². The lowest BCUT2D eigenvalue weighted by Crippen LogP contribution is -2.46. The first kappa shape index (κ1) is 15.4. The summed E-state index contributed by atoms with van der Waals surface area (Å²) < 4.78 is 0. The molecule has 1 aromatic rings. The molecule has 1 aliphatic heterocycles. The van der Waals surface area contributed by atoms with Gasteiger partial charge in [0.1, 0.15) is 5.92 Å². The van der Waals surface area contributed by atoms with Crippen LogP contribution >= 0.6 is 0 Å². The zero-order valence-electron chi connectivity index (χ0n) is 12.6. The molecule has 1 amide bonds. The average molecular weight is 289 g/mol. The van der Waals surface area contributed by atoms with E-state index < -0.39 is 5.92 Å². The molecule has 2 rings (SSSR count). The van der Waals surface area contributed by atoms with E-state index in [1.807, 2.05) is 35.2 Å². The predicted molar refractivity (Wildman–Crippen MR) is 82.2 cm³/mol. The zero-order valence-corrected chi connectivity index (χ0v) is 12.6. The Morgan fingerprint density at radius 3 is 2.38 bits per heavy atom. The second-order valence-corrected chi connectivity index (χ2v) is 6.36. The second kappa shape index (κ2) is 6.16. The summed E-state index contributed by atoms with van der Waals surface area (Å²) in [7, 11) is 0. The van der Waals surface area contributed by atoms with E-state index in [-0.39, 0.29) is 17.2 Å². The van der Waals surface area contributed by atoms with Gasteiger partial charge < -0.3 is 15.8 Å². The van der Waals surface area contributed by atoms with E-state index in [4.69, 9.17) is 10.9 Å². The molecule has 114 valence electrons. The Morgan fingerprint density at radius 2 is 1.86 bits per heavy atom. The fourth-order valence-corrected chi connectivity index (χ4v) is 2.66. The third-order valence-corrected chi connectivity index (χ3v) is 4.22. The van der Waals surface area contributed by atoms with Crippen LogP contribution in [0.15, 0.2) is 35.5 Å². The number of benzene rings is 1. The number of oxime groups is 1. The van der Waals surface area contributed by atoms with E-state index in [0.29, 0.717) is 13.1 Å². The second-order valence-electron chi connectivity index (χ2n) is 6.36. The van der Waals surface area contributed by atoms with Crippen LogP contribution < -0.4 is 5.73 Å². The SMILES string of the molecule is CC1(C)CCN(C(=O)C(C(N)=NO)c2ccccc2)CC1. The van der Waals surface area contributed by atoms with Gasteiger partial charge in [0.05, 0.1) is 0 Å². The minimum Gasteiger partial charge on any atom is -0.409 e. The number of hydrogen-bond acceptors (Lipinski definition) is 3. The highest BCUT2D eigenvalue weighted by Crippen LogP contribution is 2.31. The van der Waals surface area contributed by atoms with Gasteiger partial charge in [-0.2, -0.15) is 0 Å². The van der Waals surface area contributed by atoms with Crippen molar-refractivity contribution in [1.29, 1.82) is 0 Å². The topological polar surface area (TPSA) is 78.9 Å². The smallest absolute Gasteiger partial charge is 0.237 e. The molecular weight excluding hydrogens is 266 g/mol. The van der Waals surface area contributed by atoms with E-state index in [9.17, 15) is 4.79 Å². The summed E-state index contributed by atoms with van der Waals surface area (Å²) in [6.07, 6.45) is 1.94. The minimum atomic E-state index is -0.711. The van der Waals surface area contributed by atoms with Gasteiger partial charge in [0, 0.05) is 13.1 Å². The summed E-state index contributed by atoms with van der Waals surface area (Å²) in [6, 6.07) is 9.23. The van der Waals surface area contributed by atoms with E-state index in [1.54, 1.807) is 0 Å². The summed E-state index contributed by atoms with van der Waals surface area (Å²) in [5.74, 6) is -0.861. The Hall–Kier alpha value is -2.04. The molecule has 1 saturated heterocycles. The van der Waals surface area contributed by atoms with Gasteiger partial charge in [-0.3, -0.25) is 4.79 Å². The highest BCUT2D eigenvalue weighted by atomic mass is 16.4. The lowest BCUT2D eigenvalue weighted by Gasteiger charge is -2.38. The molecule has 1 atom stereocenters. The van der Waals surface area contributed by atoms with Crippen LogP contribution in [0.3, 0.4) is 0 Å². The largest absolute Gasteiger partial charge is 0.409 e. The van der Waals surface area contributed by atoms with Crippen molar-refractivity contribution in [2.45, 2.75) is 32.6 Å². The summed E-state index contributed by atoms with van der Waals surface area (Å²) >= 11 is 0. The molecule has 1 heterocycles. The minimum absolute atomic E-state index is 0.0592. The van der Waals surface area contributed by atoms with Gasteiger partial charge in [0.15, 0.2) is 5.84 Å². The van der Waals surface area contributed by atoms with E-state index in [1.165, 1.54) is 0 Å². The normalized spacial score (nSPS) is 20.1. The Bertz CT molecular complexity index is 516. The van der Waals surface area contributed by atoms with E-state index in [2.05, 4.69) is 19.0 Å². The number of carbonyl (C=O) groups is 1. The number of nitrogens with two attached hydrogens (primary N) is 1. The van der Waals surface area contributed by atoms with Crippen molar-refractivity contribution >= 4 is 11.7 Å². The van der Waals surface area contributed by atoms with Gasteiger partial charge in [0.25, 0.3) is 0 Å². The van der Waals surface area contributed by atoms with Crippen LogP contribution in [0.4, 0.5) is 0 Å². The maximum atomic E-state index is 12.8. The molecule has 0 aliphatic carbocycles. The third-order valence-electron chi connectivity index (χ3n) is 4.22. The number of piperidine rings is 1. The van der Waals surface area contributed by atoms with Crippen LogP contribution in [0, 0.1) is 5.41 Å². The Morgan fingerprint density at radius 1 is 1.29 bits per heavy atom. The first-order valence-electron chi connectivity index (χ1n) is 7.26. The molecule has 1 unspecified atom stereocenters. The van der Waals surface area contributed by atoms with Gasteiger partial charge >= 0.3 is 0 Å². The van der Waals surface area contributed by atoms with Gasteiger partial charge in [-0.15, -0.1) is 0 Å². The summed E-state index contributed by atoms with van der Waals surface area (Å²) in [5, 5.41) is 12.0. The maximum absolute atomic E-state index is 12.8. The quantitative estimate of drug-likeness (QED) is 0.387. The highest BCUT2D eigenvalue weighted by Gasteiger charge is 2.34. The predicted octanol–water partition coefficient (Wildman–Crippen LogP) is 2.17. The van der Waals surface area contributed by atoms with Gasteiger partial charge in [-0.05, 0) is 23.8 Å². The molecule has 3 N–H and O–H groups in total. The van der Waals surface area contributed by atoms with Gasteiger partial charge in [0.2, 0.25) is 5.91 Å². The van der Waals surface area contributed by atoms with Crippen LogP contribution in [0.5, 0.6) is 0 Å². The Labute approximate surface area is 125 Å². The number of carbonyl (C=O) groups excluding carboxylic acids is 1. The number of amides is 1. The molecule has 1 aliphatic rings. The van der Waals surface area contributed by atoms with Crippen molar-refractivity contribution < 1.29 is 10.0 Å².